The summed E-state index contributed by atoms with van der Waals surface area (Å²) in [6.45, 7) is 9.57. The second-order valence-electron chi connectivity index (χ2n) is 6.17. The first-order chi connectivity index (χ1) is 9.27. The molecular weight excluding hydrogens is 290 g/mol. The number of hydrogen-bond donors (Lipinski definition) is 1. The first-order valence-corrected chi connectivity index (χ1v) is 7.98. The molecule has 0 amide bonds. The van der Waals surface area contributed by atoms with E-state index in [0.29, 0.717) is 6.04 Å². The maximum atomic E-state index is 5.99. The Kier molecular flexibility index (Phi) is 4.57. The smallest absolute Gasteiger partial charge is 0.0931 e. The summed E-state index contributed by atoms with van der Waals surface area (Å²) in [5.41, 5.74) is 2.48. The van der Waals surface area contributed by atoms with Crippen molar-refractivity contribution < 1.29 is 0 Å². The predicted molar refractivity (Wildman–Crippen MR) is 86.5 cm³/mol. The van der Waals surface area contributed by atoms with Crippen LogP contribution in [0.1, 0.15) is 49.9 Å². The van der Waals surface area contributed by atoms with Gasteiger partial charge in [0.15, 0.2) is 0 Å². The number of thiophene rings is 1. The average molecular weight is 312 g/mol. The topological polar surface area (TPSA) is 29.9 Å². The molecule has 0 saturated carbocycles. The fourth-order valence-electron chi connectivity index (χ4n) is 2.22. The zero-order chi connectivity index (χ0) is 14.9. The van der Waals surface area contributed by atoms with Crippen LogP contribution >= 0.6 is 22.9 Å². The van der Waals surface area contributed by atoms with Gasteiger partial charge in [-0.05, 0) is 19.1 Å². The first kappa shape index (κ1) is 15.5. The summed E-state index contributed by atoms with van der Waals surface area (Å²) in [4.78, 5) is 1.26. The fraction of sp³-hybridized carbons (Fsp3) is 0.533. The van der Waals surface area contributed by atoms with Crippen molar-refractivity contribution in [1.29, 1.82) is 0 Å². The van der Waals surface area contributed by atoms with Crippen LogP contribution in [0.15, 0.2) is 18.3 Å². The maximum absolute atomic E-state index is 5.99. The summed E-state index contributed by atoms with van der Waals surface area (Å²) in [5.74, 6) is 0. The van der Waals surface area contributed by atoms with Crippen molar-refractivity contribution in [3.8, 4) is 0 Å². The number of rotatable bonds is 4. The average Bonchev–Trinajstić information content (AvgIpc) is 2.91. The Bertz CT molecular complexity index is 580. The molecule has 0 aromatic carbocycles. The van der Waals surface area contributed by atoms with E-state index in [1.165, 1.54) is 10.4 Å². The van der Waals surface area contributed by atoms with E-state index in [2.05, 4.69) is 50.4 Å². The largest absolute Gasteiger partial charge is 0.305 e. The van der Waals surface area contributed by atoms with Crippen LogP contribution in [0.5, 0.6) is 0 Å². The molecule has 5 heteroatoms. The van der Waals surface area contributed by atoms with E-state index >= 15 is 0 Å². The highest BCUT2D eigenvalue weighted by Crippen LogP contribution is 2.28. The lowest BCUT2D eigenvalue weighted by atomic mass is 9.89. The molecule has 1 unspecified atom stereocenters. The van der Waals surface area contributed by atoms with Gasteiger partial charge in [-0.25, -0.2) is 0 Å². The van der Waals surface area contributed by atoms with Gasteiger partial charge >= 0.3 is 0 Å². The Balaban J connectivity index is 2.08. The summed E-state index contributed by atoms with van der Waals surface area (Å²) in [5, 5.41) is 8.15. The van der Waals surface area contributed by atoms with Crippen LogP contribution in [0, 0.1) is 0 Å². The van der Waals surface area contributed by atoms with Crippen molar-refractivity contribution >= 4 is 22.9 Å². The van der Waals surface area contributed by atoms with Crippen molar-refractivity contribution in [3.63, 3.8) is 0 Å². The van der Waals surface area contributed by atoms with Gasteiger partial charge in [-0.1, -0.05) is 32.4 Å². The van der Waals surface area contributed by atoms with Crippen LogP contribution in [0.3, 0.4) is 0 Å². The minimum absolute atomic E-state index is 0.0632. The Morgan fingerprint density at radius 2 is 2.10 bits per heavy atom. The van der Waals surface area contributed by atoms with Crippen LogP contribution in [0.2, 0.25) is 4.34 Å². The molecule has 110 valence electrons. The third kappa shape index (κ3) is 3.62. The summed E-state index contributed by atoms with van der Waals surface area (Å²) in [6, 6.07) is 4.32. The molecule has 0 saturated heterocycles. The lowest BCUT2D eigenvalue weighted by Crippen LogP contribution is -2.21. The van der Waals surface area contributed by atoms with E-state index in [1.807, 2.05) is 17.8 Å². The van der Waals surface area contributed by atoms with E-state index in [4.69, 9.17) is 11.6 Å². The molecule has 0 fully saturated rings. The molecule has 0 aliphatic rings. The van der Waals surface area contributed by atoms with Gasteiger partial charge in [0.05, 0.1) is 10.0 Å². The van der Waals surface area contributed by atoms with Crippen molar-refractivity contribution in [2.24, 2.45) is 7.05 Å². The highest BCUT2D eigenvalue weighted by molar-refractivity contribution is 7.16. The Hall–Kier alpha value is -0.840. The predicted octanol–water partition coefficient (Wildman–Crippen LogP) is 4.28. The van der Waals surface area contributed by atoms with Crippen LogP contribution in [-0.4, -0.2) is 9.78 Å². The molecule has 1 N–H and O–H groups in total. The molecule has 2 aromatic heterocycles. The molecule has 0 aliphatic heterocycles. The highest BCUT2D eigenvalue weighted by Gasteiger charge is 2.22. The van der Waals surface area contributed by atoms with E-state index in [9.17, 15) is 0 Å². The number of aromatic nitrogens is 2. The molecule has 2 aromatic rings. The number of halogens is 1. The highest BCUT2D eigenvalue weighted by atomic mass is 35.5. The SMILES string of the molecule is CC(NCc1cn(C)nc1C(C)(C)C)c1ccc(Cl)s1. The van der Waals surface area contributed by atoms with Gasteiger partial charge in [-0.3, -0.25) is 4.68 Å². The molecular formula is C15H22ClN3S. The molecule has 0 spiro atoms. The van der Waals surface area contributed by atoms with Gasteiger partial charge in [-0.15, -0.1) is 11.3 Å². The minimum atomic E-state index is 0.0632. The van der Waals surface area contributed by atoms with Crippen molar-refractivity contribution in [3.05, 3.63) is 38.8 Å². The zero-order valence-electron chi connectivity index (χ0n) is 12.7. The lowest BCUT2D eigenvalue weighted by Gasteiger charge is -2.19. The van der Waals surface area contributed by atoms with Crippen molar-refractivity contribution in [2.45, 2.75) is 45.7 Å². The zero-order valence-corrected chi connectivity index (χ0v) is 14.3. The third-order valence-electron chi connectivity index (χ3n) is 3.23. The first-order valence-electron chi connectivity index (χ1n) is 6.79. The summed E-state index contributed by atoms with van der Waals surface area (Å²) < 4.78 is 2.73. The molecule has 0 aliphatic carbocycles. The monoisotopic (exact) mass is 311 g/mol. The maximum Gasteiger partial charge on any atom is 0.0931 e. The van der Waals surface area contributed by atoms with Gasteiger partial charge < -0.3 is 5.32 Å². The van der Waals surface area contributed by atoms with E-state index in [1.54, 1.807) is 11.3 Å². The Morgan fingerprint density at radius 1 is 1.40 bits per heavy atom. The normalized spacial score (nSPS) is 13.7. The fourth-order valence-corrected chi connectivity index (χ4v) is 3.31. The second-order valence-corrected chi connectivity index (χ2v) is 7.92. The molecule has 0 bridgehead atoms. The number of nitrogens with zero attached hydrogens (tertiary/aromatic N) is 2. The van der Waals surface area contributed by atoms with Crippen molar-refractivity contribution in [2.75, 3.05) is 0 Å². The molecule has 20 heavy (non-hydrogen) atoms. The molecule has 2 heterocycles. The molecule has 3 nitrogen and oxygen atoms in total. The van der Waals surface area contributed by atoms with Gasteiger partial charge in [-0.2, -0.15) is 5.10 Å². The van der Waals surface area contributed by atoms with Gasteiger partial charge in [0.2, 0.25) is 0 Å². The van der Waals surface area contributed by atoms with E-state index in [-0.39, 0.29) is 5.41 Å². The molecule has 0 radical (unpaired) electrons. The lowest BCUT2D eigenvalue weighted by molar-refractivity contribution is 0.533. The van der Waals surface area contributed by atoms with Gasteiger partial charge in [0, 0.05) is 41.7 Å². The molecule has 2 rings (SSSR count). The summed E-state index contributed by atoms with van der Waals surface area (Å²) in [6.07, 6.45) is 2.10. The number of hydrogen-bond acceptors (Lipinski definition) is 3. The van der Waals surface area contributed by atoms with Crippen LogP contribution in [-0.2, 0) is 19.0 Å². The Morgan fingerprint density at radius 3 is 2.65 bits per heavy atom. The summed E-state index contributed by atoms with van der Waals surface area (Å²) >= 11 is 7.62. The minimum Gasteiger partial charge on any atom is -0.305 e. The van der Waals surface area contributed by atoms with Crippen molar-refractivity contribution in [1.82, 2.24) is 15.1 Å². The number of nitrogens with one attached hydrogen (secondary N) is 1. The quantitative estimate of drug-likeness (QED) is 0.913. The van der Waals surface area contributed by atoms with Crippen LogP contribution < -0.4 is 5.32 Å². The second kappa shape index (κ2) is 5.88. The number of aryl methyl sites for hydroxylation is 1. The van der Waals surface area contributed by atoms with E-state index in [0.717, 1.165) is 16.6 Å². The third-order valence-corrected chi connectivity index (χ3v) is 4.65. The molecule has 1 atom stereocenters. The summed E-state index contributed by atoms with van der Waals surface area (Å²) in [7, 11) is 1.97. The van der Waals surface area contributed by atoms with Gasteiger partial charge in [0.25, 0.3) is 0 Å². The van der Waals surface area contributed by atoms with Crippen LogP contribution in [0.4, 0.5) is 0 Å². The van der Waals surface area contributed by atoms with Crippen LogP contribution in [0.25, 0.3) is 0 Å². The van der Waals surface area contributed by atoms with Gasteiger partial charge in [0.1, 0.15) is 0 Å². The van der Waals surface area contributed by atoms with E-state index < -0.39 is 0 Å². The standard InChI is InChI=1S/C15H22ClN3S/c1-10(12-6-7-13(16)20-12)17-8-11-9-19(5)18-14(11)15(2,3)4/h6-7,9-10,17H,8H2,1-5H3. The Labute approximate surface area is 130 Å².